The maximum absolute atomic E-state index is 11.8. The molecule has 1 aromatic heterocycles. The third-order valence-electron chi connectivity index (χ3n) is 4.22. The molecule has 0 saturated carbocycles. The molecule has 0 spiro atoms. The molecule has 1 fully saturated rings. The minimum Gasteiger partial charge on any atom is -0.450 e. The summed E-state index contributed by atoms with van der Waals surface area (Å²) in [6.45, 7) is 5.56. The molecule has 2 heterocycles. The number of nitrogens with zero attached hydrogens (tertiary/aromatic N) is 5. The van der Waals surface area contributed by atoms with Crippen molar-refractivity contribution in [3.05, 3.63) is 42.1 Å². The lowest BCUT2D eigenvalue weighted by molar-refractivity contribution is 0.105. The van der Waals surface area contributed by atoms with Gasteiger partial charge in [0.05, 0.1) is 12.8 Å². The van der Waals surface area contributed by atoms with Gasteiger partial charge in [-0.05, 0) is 18.9 Å². The molecule has 1 saturated heterocycles. The summed E-state index contributed by atoms with van der Waals surface area (Å²) in [6, 6.07) is 10.3. The SMILES string of the molecule is CCOC(=O)N1CCN(c2cnnc(NCCc3ccccc3)n2)CC1. The Bertz CT molecular complexity index is 704. The van der Waals surface area contributed by atoms with Gasteiger partial charge in [0.25, 0.3) is 0 Å². The van der Waals surface area contributed by atoms with Gasteiger partial charge in [0.2, 0.25) is 5.95 Å². The van der Waals surface area contributed by atoms with Crippen molar-refractivity contribution in [1.82, 2.24) is 20.1 Å². The van der Waals surface area contributed by atoms with E-state index in [2.05, 4.69) is 37.5 Å². The van der Waals surface area contributed by atoms with Gasteiger partial charge >= 0.3 is 6.09 Å². The van der Waals surface area contributed by atoms with Crippen LogP contribution in [-0.2, 0) is 11.2 Å². The first-order chi connectivity index (χ1) is 12.8. The van der Waals surface area contributed by atoms with Crippen LogP contribution in [0.3, 0.4) is 0 Å². The Kier molecular flexibility index (Phi) is 6.19. The Morgan fingerprint density at radius 2 is 1.96 bits per heavy atom. The molecule has 1 amide bonds. The van der Waals surface area contributed by atoms with Gasteiger partial charge in [0.15, 0.2) is 5.82 Å². The fraction of sp³-hybridized carbons (Fsp3) is 0.444. The number of benzene rings is 1. The van der Waals surface area contributed by atoms with E-state index in [-0.39, 0.29) is 6.09 Å². The number of carbonyl (C=O) groups is 1. The smallest absolute Gasteiger partial charge is 0.409 e. The van der Waals surface area contributed by atoms with Gasteiger partial charge in [-0.25, -0.2) is 4.79 Å². The Morgan fingerprint density at radius 3 is 2.69 bits per heavy atom. The summed E-state index contributed by atoms with van der Waals surface area (Å²) in [7, 11) is 0. The van der Waals surface area contributed by atoms with Crippen molar-refractivity contribution >= 4 is 17.9 Å². The van der Waals surface area contributed by atoms with Crippen LogP contribution in [0.15, 0.2) is 36.5 Å². The summed E-state index contributed by atoms with van der Waals surface area (Å²) < 4.78 is 5.04. The molecule has 8 nitrogen and oxygen atoms in total. The highest BCUT2D eigenvalue weighted by atomic mass is 16.6. The molecule has 0 radical (unpaired) electrons. The number of amides is 1. The number of aromatic nitrogens is 3. The molecular formula is C18H24N6O2. The van der Waals surface area contributed by atoms with Crippen molar-refractivity contribution in [2.75, 3.05) is 49.5 Å². The van der Waals surface area contributed by atoms with Crippen LogP contribution >= 0.6 is 0 Å². The second-order valence-corrected chi connectivity index (χ2v) is 5.97. The molecule has 1 aliphatic heterocycles. The van der Waals surface area contributed by atoms with E-state index in [4.69, 9.17) is 4.74 Å². The molecule has 0 atom stereocenters. The molecule has 138 valence electrons. The zero-order valence-corrected chi connectivity index (χ0v) is 15.0. The number of ether oxygens (including phenoxy) is 1. The quantitative estimate of drug-likeness (QED) is 0.845. The molecule has 0 unspecified atom stereocenters. The maximum atomic E-state index is 11.8. The number of piperazine rings is 1. The zero-order chi connectivity index (χ0) is 18.2. The summed E-state index contributed by atoms with van der Waals surface area (Å²) >= 11 is 0. The molecule has 0 bridgehead atoms. The van der Waals surface area contributed by atoms with E-state index in [1.54, 1.807) is 11.1 Å². The predicted molar refractivity (Wildman–Crippen MR) is 99.3 cm³/mol. The van der Waals surface area contributed by atoms with Crippen molar-refractivity contribution in [2.45, 2.75) is 13.3 Å². The van der Waals surface area contributed by atoms with E-state index in [1.807, 2.05) is 25.1 Å². The van der Waals surface area contributed by atoms with Crippen LogP contribution in [-0.4, -0.2) is 65.5 Å². The Labute approximate surface area is 153 Å². The monoisotopic (exact) mass is 356 g/mol. The number of hydrogen-bond donors (Lipinski definition) is 1. The lowest BCUT2D eigenvalue weighted by atomic mass is 10.1. The van der Waals surface area contributed by atoms with E-state index in [0.717, 1.165) is 18.8 Å². The van der Waals surface area contributed by atoms with Crippen molar-refractivity contribution < 1.29 is 9.53 Å². The fourth-order valence-electron chi connectivity index (χ4n) is 2.82. The van der Waals surface area contributed by atoms with Crippen LogP contribution < -0.4 is 10.2 Å². The second kappa shape index (κ2) is 8.98. The van der Waals surface area contributed by atoms with Gasteiger partial charge in [0, 0.05) is 32.7 Å². The van der Waals surface area contributed by atoms with Crippen molar-refractivity contribution in [1.29, 1.82) is 0 Å². The minimum atomic E-state index is -0.253. The van der Waals surface area contributed by atoms with E-state index < -0.39 is 0 Å². The third kappa shape index (κ3) is 4.81. The Morgan fingerprint density at radius 1 is 1.19 bits per heavy atom. The minimum absolute atomic E-state index is 0.253. The van der Waals surface area contributed by atoms with Crippen LogP contribution in [0.2, 0.25) is 0 Å². The van der Waals surface area contributed by atoms with E-state index in [1.165, 1.54) is 5.56 Å². The van der Waals surface area contributed by atoms with Crippen molar-refractivity contribution in [2.24, 2.45) is 0 Å². The van der Waals surface area contributed by atoms with E-state index in [0.29, 0.717) is 38.7 Å². The number of nitrogens with one attached hydrogen (secondary N) is 1. The third-order valence-corrected chi connectivity index (χ3v) is 4.22. The van der Waals surface area contributed by atoms with E-state index >= 15 is 0 Å². The lowest BCUT2D eigenvalue weighted by Gasteiger charge is -2.34. The number of hydrogen-bond acceptors (Lipinski definition) is 7. The standard InChI is InChI=1S/C18H24N6O2/c1-2-26-18(25)24-12-10-23(11-13-24)16-14-20-22-17(21-16)19-9-8-15-6-4-3-5-7-15/h3-7,14H,2,8-13H2,1H3,(H,19,21,22). The molecule has 1 aromatic carbocycles. The first-order valence-electron chi connectivity index (χ1n) is 8.90. The number of rotatable bonds is 6. The van der Waals surface area contributed by atoms with E-state index in [9.17, 15) is 4.79 Å². The van der Waals surface area contributed by atoms with Crippen LogP contribution in [0.1, 0.15) is 12.5 Å². The molecule has 1 aliphatic rings. The Hall–Kier alpha value is -2.90. The van der Waals surface area contributed by atoms with Crippen molar-refractivity contribution in [3.63, 3.8) is 0 Å². The Balaban J connectivity index is 1.50. The zero-order valence-electron chi connectivity index (χ0n) is 15.0. The molecular weight excluding hydrogens is 332 g/mol. The summed E-state index contributed by atoms with van der Waals surface area (Å²) in [6.07, 6.45) is 2.30. The van der Waals surface area contributed by atoms with Crippen molar-refractivity contribution in [3.8, 4) is 0 Å². The van der Waals surface area contributed by atoms with Gasteiger partial charge in [0.1, 0.15) is 0 Å². The van der Waals surface area contributed by atoms with Crippen LogP contribution in [0, 0.1) is 0 Å². The topological polar surface area (TPSA) is 83.5 Å². The molecule has 3 rings (SSSR count). The first kappa shape index (κ1) is 17.9. The average Bonchev–Trinajstić information content (AvgIpc) is 2.69. The largest absolute Gasteiger partial charge is 0.450 e. The number of carbonyl (C=O) groups excluding carboxylic acids is 1. The maximum Gasteiger partial charge on any atom is 0.409 e. The second-order valence-electron chi connectivity index (χ2n) is 5.97. The van der Waals surface area contributed by atoms with Gasteiger partial charge in [-0.2, -0.15) is 10.1 Å². The fourth-order valence-corrected chi connectivity index (χ4v) is 2.82. The molecule has 8 heteroatoms. The molecule has 2 aromatic rings. The summed E-state index contributed by atoms with van der Waals surface area (Å²) in [4.78, 5) is 20.1. The van der Waals surface area contributed by atoms with Crippen LogP contribution in [0.25, 0.3) is 0 Å². The summed E-state index contributed by atoms with van der Waals surface area (Å²) in [5, 5.41) is 11.3. The van der Waals surface area contributed by atoms with Gasteiger partial charge in [-0.1, -0.05) is 30.3 Å². The highest BCUT2D eigenvalue weighted by Gasteiger charge is 2.23. The highest BCUT2D eigenvalue weighted by Crippen LogP contribution is 2.14. The normalized spacial score (nSPS) is 14.2. The predicted octanol–water partition coefficient (Wildman–Crippen LogP) is 1.80. The average molecular weight is 356 g/mol. The van der Waals surface area contributed by atoms with Gasteiger partial charge < -0.3 is 19.9 Å². The molecule has 26 heavy (non-hydrogen) atoms. The van der Waals surface area contributed by atoms with Gasteiger partial charge in [-0.3, -0.25) is 0 Å². The highest BCUT2D eigenvalue weighted by molar-refractivity contribution is 5.68. The van der Waals surface area contributed by atoms with Gasteiger partial charge in [-0.15, -0.1) is 5.10 Å². The summed E-state index contributed by atoms with van der Waals surface area (Å²) in [5.41, 5.74) is 1.26. The summed E-state index contributed by atoms with van der Waals surface area (Å²) in [5.74, 6) is 1.29. The van der Waals surface area contributed by atoms with Crippen LogP contribution in [0.5, 0.6) is 0 Å². The lowest BCUT2D eigenvalue weighted by Crippen LogP contribution is -2.49. The number of anilines is 2. The van der Waals surface area contributed by atoms with Crippen LogP contribution in [0.4, 0.5) is 16.6 Å². The first-order valence-corrected chi connectivity index (χ1v) is 8.90. The molecule has 0 aliphatic carbocycles. The molecule has 1 N–H and O–H groups in total.